The lowest BCUT2D eigenvalue weighted by molar-refractivity contribution is -0.107. The van der Waals surface area contributed by atoms with Gasteiger partial charge >= 0.3 is 0 Å². The number of aromatic nitrogens is 2. The summed E-state index contributed by atoms with van der Waals surface area (Å²) in [6.07, 6.45) is 0.616. The third-order valence-corrected chi connectivity index (χ3v) is 4.67. The number of anilines is 1. The Kier molecular flexibility index (Phi) is 4.75. The Morgan fingerprint density at radius 2 is 1.48 bits per heavy atom. The molecule has 0 unspecified atom stereocenters. The number of hydrogen-bond acceptors (Lipinski definition) is 4. The SMILES string of the molecule is CN(C=O)c1nn(C(=O)c2ccccc2)c2c(C(=O)c3ccccc3)cccc12. The third-order valence-electron chi connectivity index (χ3n) is 4.67. The third kappa shape index (κ3) is 3.21. The molecule has 0 atom stereocenters. The van der Waals surface area contributed by atoms with Crippen molar-refractivity contribution in [2.45, 2.75) is 0 Å². The van der Waals surface area contributed by atoms with Crippen molar-refractivity contribution < 1.29 is 14.4 Å². The number of carbonyl (C=O) groups is 3. The number of rotatable bonds is 5. The van der Waals surface area contributed by atoms with Gasteiger partial charge in [-0.1, -0.05) is 54.6 Å². The van der Waals surface area contributed by atoms with Gasteiger partial charge in [-0.3, -0.25) is 14.4 Å². The minimum Gasteiger partial charge on any atom is -0.301 e. The molecule has 142 valence electrons. The zero-order valence-corrected chi connectivity index (χ0v) is 15.6. The average Bonchev–Trinajstić information content (AvgIpc) is 3.18. The highest BCUT2D eigenvalue weighted by atomic mass is 16.2. The van der Waals surface area contributed by atoms with Crippen molar-refractivity contribution in [1.29, 1.82) is 0 Å². The lowest BCUT2D eigenvalue weighted by Gasteiger charge is -2.07. The first-order valence-electron chi connectivity index (χ1n) is 9.01. The molecule has 0 aliphatic carbocycles. The Balaban J connectivity index is 1.98. The van der Waals surface area contributed by atoms with Crippen LogP contribution in [0.3, 0.4) is 0 Å². The molecule has 6 nitrogen and oxygen atoms in total. The van der Waals surface area contributed by atoms with Crippen molar-refractivity contribution in [3.63, 3.8) is 0 Å². The monoisotopic (exact) mass is 383 g/mol. The Morgan fingerprint density at radius 3 is 2.10 bits per heavy atom. The molecule has 4 rings (SSSR count). The maximum atomic E-state index is 13.2. The normalized spacial score (nSPS) is 10.7. The van der Waals surface area contributed by atoms with E-state index in [1.165, 1.54) is 9.58 Å². The topological polar surface area (TPSA) is 72.3 Å². The van der Waals surface area contributed by atoms with Crippen LogP contribution in [0.15, 0.2) is 78.9 Å². The zero-order valence-electron chi connectivity index (χ0n) is 15.6. The molecule has 4 aromatic rings. The Hall–Kier alpha value is -4.06. The van der Waals surface area contributed by atoms with E-state index in [9.17, 15) is 14.4 Å². The van der Waals surface area contributed by atoms with Gasteiger partial charge in [0.1, 0.15) is 0 Å². The van der Waals surface area contributed by atoms with Gasteiger partial charge in [0, 0.05) is 29.1 Å². The number of carbonyl (C=O) groups excluding carboxylic acids is 3. The summed E-state index contributed by atoms with van der Waals surface area (Å²) in [5.41, 5.74) is 1.65. The number of ketones is 1. The van der Waals surface area contributed by atoms with E-state index in [1.807, 2.05) is 12.1 Å². The van der Waals surface area contributed by atoms with E-state index in [4.69, 9.17) is 0 Å². The summed E-state index contributed by atoms with van der Waals surface area (Å²) in [5.74, 6) is -0.296. The molecule has 0 fully saturated rings. The van der Waals surface area contributed by atoms with Gasteiger partial charge in [-0.25, -0.2) is 0 Å². The first kappa shape index (κ1) is 18.3. The van der Waals surface area contributed by atoms with Crippen molar-refractivity contribution in [1.82, 2.24) is 9.78 Å². The summed E-state index contributed by atoms with van der Waals surface area (Å²) in [7, 11) is 1.55. The molecule has 0 spiro atoms. The average molecular weight is 383 g/mol. The zero-order chi connectivity index (χ0) is 20.4. The highest BCUT2D eigenvalue weighted by molar-refractivity contribution is 6.19. The van der Waals surface area contributed by atoms with Crippen LogP contribution >= 0.6 is 0 Å². The van der Waals surface area contributed by atoms with Crippen molar-refractivity contribution in [2.24, 2.45) is 0 Å². The minimum absolute atomic E-state index is 0.224. The summed E-state index contributed by atoms with van der Waals surface area (Å²) < 4.78 is 1.20. The van der Waals surface area contributed by atoms with Gasteiger partial charge in [0.05, 0.1) is 5.52 Å². The summed E-state index contributed by atoms with van der Waals surface area (Å²) >= 11 is 0. The smallest absolute Gasteiger partial charge is 0.278 e. The second-order valence-corrected chi connectivity index (χ2v) is 6.52. The van der Waals surface area contributed by atoms with Gasteiger partial charge in [-0.05, 0) is 24.3 Å². The van der Waals surface area contributed by atoms with E-state index in [-0.39, 0.29) is 11.7 Å². The Morgan fingerprint density at radius 1 is 0.862 bits per heavy atom. The predicted molar refractivity (Wildman–Crippen MR) is 110 cm³/mol. The van der Waals surface area contributed by atoms with Crippen molar-refractivity contribution in [2.75, 3.05) is 11.9 Å². The Labute approximate surface area is 167 Å². The standard InChI is InChI=1S/C23H17N3O3/c1-25(15-27)22-19-14-8-13-18(21(28)16-9-4-2-5-10-16)20(19)26(24-22)23(29)17-11-6-3-7-12-17/h2-15H,1H3. The van der Waals surface area contributed by atoms with Crippen LogP contribution in [0.5, 0.6) is 0 Å². The largest absolute Gasteiger partial charge is 0.301 e. The van der Waals surface area contributed by atoms with Gasteiger partial charge in [-0.15, -0.1) is 5.10 Å². The van der Waals surface area contributed by atoms with E-state index in [0.717, 1.165) is 0 Å². The second-order valence-electron chi connectivity index (χ2n) is 6.52. The molecule has 1 amide bonds. The molecule has 0 aliphatic heterocycles. The van der Waals surface area contributed by atoms with Crippen LogP contribution in [-0.4, -0.2) is 34.9 Å². The van der Waals surface area contributed by atoms with Gasteiger partial charge in [0.2, 0.25) is 6.41 Å². The van der Waals surface area contributed by atoms with Crippen LogP contribution < -0.4 is 4.90 Å². The molecule has 0 bridgehead atoms. The molecule has 0 saturated heterocycles. The number of nitrogens with zero attached hydrogens (tertiary/aromatic N) is 3. The highest BCUT2D eigenvalue weighted by Gasteiger charge is 2.24. The number of hydrogen-bond donors (Lipinski definition) is 0. The van der Waals surface area contributed by atoms with Crippen LogP contribution in [0, 0.1) is 0 Å². The summed E-state index contributed by atoms with van der Waals surface area (Å²) in [6.45, 7) is 0. The van der Waals surface area contributed by atoms with E-state index in [1.54, 1.807) is 73.8 Å². The summed E-state index contributed by atoms with van der Waals surface area (Å²) in [4.78, 5) is 39.0. The van der Waals surface area contributed by atoms with E-state index in [2.05, 4.69) is 5.10 Å². The first-order chi connectivity index (χ1) is 14.1. The van der Waals surface area contributed by atoms with Gasteiger partial charge < -0.3 is 4.90 Å². The van der Waals surface area contributed by atoms with Gasteiger partial charge in [-0.2, -0.15) is 4.68 Å². The van der Waals surface area contributed by atoms with E-state index in [0.29, 0.717) is 39.8 Å². The Bertz CT molecular complexity index is 1210. The highest BCUT2D eigenvalue weighted by Crippen LogP contribution is 2.29. The molecule has 29 heavy (non-hydrogen) atoms. The molecular formula is C23H17N3O3. The molecule has 0 N–H and O–H groups in total. The molecule has 0 radical (unpaired) electrons. The second kappa shape index (κ2) is 7.52. The van der Waals surface area contributed by atoms with Gasteiger partial charge in [0.25, 0.3) is 5.91 Å². The maximum Gasteiger partial charge on any atom is 0.278 e. The fourth-order valence-corrected chi connectivity index (χ4v) is 3.24. The number of fused-ring (bicyclic) bond motifs is 1. The molecule has 0 aliphatic rings. The van der Waals surface area contributed by atoms with E-state index < -0.39 is 0 Å². The minimum atomic E-state index is -0.380. The lowest BCUT2D eigenvalue weighted by Crippen LogP contribution is -2.18. The molecule has 0 saturated carbocycles. The number of benzene rings is 3. The predicted octanol–water partition coefficient (Wildman–Crippen LogP) is 3.55. The fraction of sp³-hybridized carbons (Fsp3) is 0.0435. The van der Waals surface area contributed by atoms with E-state index >= 15 is 0 Å². The maximum absolute atomic E-state index is 13.2. The quantitative estimate of drug-likeness (QED) is 0.390. The molecule has 3 aromatic carbocycles. The van der Waals surface area contributed by atoms with Crippen molar-refractivity contribution >= 4 is 34.8 Å². The number of amides is 1. The van der Waals surface area contributed by atoms with Crippen LogP contribution in [0.1, 0.15) is 26.3 Å². The molecular weight excluding hydrogens is 366 g/mol. The first-order valence-corrected chi connectivity index (χ1v) is 9.01. The fourth-order valence-electron chi connectivity index (χ4n) is 3.24. The van der Waals surface area contributed by atoms with Crippen LogP contribution in [0.25, 0.3) is 10.9 Å². The summed E-state index contributed by atoms with van der Waals surface area (Å²) in [5, 5.41) is 4.93. The molecule has 1 heterocycles. The van der Waals surface area contributed by atoms with Gasteiger partial charge in [0.15, 0.2) is 11.6 Å². The van der Waals surface area contributed by atoms with Crippen LogP contribution in [-0.2, 0) is 4.79 Å². The molecule has 1 aromatic heterocycles. The van der Waals surface area contributed by atoms with Crippen LogP contribution in [0.4, 0.5) is 5.82 Å². The molecule has 6 heteroatoms. The van der Waals surface area contributed by atoms with Crippen molar-refractivity contribution in [3.8, 4) is 0 Å². The van der Waals surface area contributed by atoms with Crippen LogP contribution in [0.2, 0.25) is 0 Å². The lowest BCUT2D eigenvalue weighted by atomic mass is 10.0. The summed E-state index contributed by atoms with van der Waals surface area (Å²) in [6, 6.07) is 22.7. The number of para-hydroxylation sites is 1. The van der Waals surface area contributed by atoms with Crippen molar-refractivity contribution in [3.05, 3.63) is 95.6 Å².